The number of ketones is 1. The minimum Gasteiger partial charge on any atom is -0.347 e. The Kier molecular flexibility index (Phi) is 1.51. The number of amides is 1. The third-order valence-electron chi connectivity index (χ3n) is 1.44. The van der Waals surface area contributed by atoms with Crippen LogP contribution in [0.25, 0.3) is 0 Å². The van der Waals surface area contributed by atoms with Crippen LogP contribution in [0.3, 0.4) is 0 Å². The van der Waals surface area contributed by atoms with Crippen molar-refractivity contribution in [3.05, 3.63) is 0 Å². The van der Waals surface area contributed by atoms with Gasteiger partial charge in [0.05, 0.1) is 0 Å². The van der Waals surface area contributed by atoms with Crippen molar-refractivity contribution in [2.75, 3.05) is 0 Å². The molecule has 1 aliphatic heterocycles. The molecule has 50 valence electrons. The van der Waals surface area contributed by atoms with Crippen LogP contribution >= 0.6 is 0 Å². The Morgan fingerprint density at radius 1 is 1.56 bits per heavy atom. The van der Waals surface area contributed by atoms with Gasteiger partial charge in [-0.3, -0.25) is 9.59 Å². The highest BCUT2D eigenvalue weighted by molar-refractivity contribution is 6.36. The first-order valence-corrected chi connectivity index (χ1v) is 3.04. The Balaban J connectivity index is 2.54. The normalized spacial score (nSPS) is 27.9. The Labute approximate surface area is 53.4 Å². The van der Waals surface area contributed by atoms with E-state index in [1.165, 1.54) is 0 Å². The molecule has 0 aromatic carbocycles. The summed E-state index contributed by atoms with van der Waals surface area (Å²) in [6, 6.07) is 0.176. The van der Waals surface area contributed by atoms with E-state index in [4.69, 9.17) is 0 Å². The van der Waals surface area contributed by atoms with Gasteiger partial charge in [-0.1, -0.05) is 0 Å². The molecule has 1 N–H and O–H groups in total. The minimum absolute atomic E-state index is 0.176. The maximum absolute atomic E-state index is 10.5. The lowest BCUT2D eigenvalue weighted by atomic mass is 10.1. The van der Waals surface area contributed by atoms with E-state index in [0.29, 0.717) is 6.42 Å². The molecule has 1 heterocycles. The number of Topliss-reactive ketones (excluding diaryl/α,β-unsaturated/α-hetero) is 1. The van der Waals surface area contributed by atoms with Crippen LogP contribution in [0, 0.1) is 0 Å². The van der Waals surface area contributed by atoms with Gasteiger partial charge < -0.3 is 5.32 Å². The molecule has 1 atom stereocenters. The van der Waals surface area contributed by atoms with Gasteiger partial charge in [0.15, 0.2) is 0 Å². The highest BCUT2D eigenvalue weighted by Crippen LogP contribution is 2.03. The highest BCUT2D eigenvalue weighted by Gasteiger charge is 2.21. The van der Waals surface area contributed by atoms with Gasteiger partial charge in [-0.25, -0.2) is 0 Å². The average Bonchev–Trinajstić information content (AvgIpc) is 1.80. The number of hydrogen-bond donors (Lipinski definition) is 1. The Morgan fingerprint density at radius 2 is 2.22 bits per heavy atom. The molecule has 1 saturated heterocycles. The van der Waals surface area contributed by atoms with Gasteiger partial charge >= 0.3 is 0 Å². The van der Waals surface area contributed by atoms with Crippen molar-refractivity contribution in [3.63, 3.8) is 0 Å². The molecule has 1 rings (SSSR count). The lowest BCUT2D eigenvalue weighted by Gasteiger charge is -2.17. The number of carbonyl (C=O) groups is 2. The van der Waals surface area contributed by atoms with Crippen molar-refractivity contribution in [1.29, 1.82) is 0 Å². The molecule has 0 aromatic rings. The number of nitrogens with one attached hydrogen (secondary N) is 1. The van der Waals surface area contributed by atoms with Crippen LogP contribution in [0.5, 0.6) is 0 Å². The fourth-order valence-electron chi connectivity index (χ4n) is 0.838. The summed E-state index contributed by atoms with van der Waals surface area (Å²) in [5, 5.41) is 2.54. The lowest BCUT2D eigenvalue weighted by molar-refractivity contribution is -0.140. The molecular weight excluding hydrogens is 118 g/mol. The molecule has 0 aromatic heterocycles. The second-order valence-electron chi connectivity index (χ2n) is 2.34. The van der Waals surface area contributed by atoms with E-state index in [1.807, 2.05) is 6.92 Å². The summed E-state index contributed by atoms with van der Waals surface area (Å²) in [5.41, 5.74) is 0. The molecule has 1 unspecified atom stereocenters. The first-order valence-electron chi connectivity index (χ1n) is 3.04. The predicted molar refractivity (Wildman–Crippen MR) is 31.8 cm³/mol. The van der Waals surface area contributed by atoms with Crippen LogP contribution in [-0.2, 0) is 9.59 Å². The second kappa shape index (κ2) is 2.17. The third kappa shape index (κ3) is 1.28. The fourth-order valence-corrected chi connectivity index (χ4v) is 0.838. The molecule has 0 bridgehead atoms. The first kappa shape index (κ1) is 6.26. The van der Waals surface area contributed by atoms with Gasteiger partial charge in [0.25, 0.3) is 5.91 Å². The maximum Gasteiger partial charge on any atom is 0.287 e. The largest absolute Gasteiger partial charge is 0.347 e. The molecule has 1 amide bonds. The van der Waals surface area contributed by atoms with E-state index in [-0.39, 0.29) is 11.8 Å². The maximum atomic E-state index is 10.5. The van der Waals surface area contributed by atoms with Crippen molar-refractivity contribution in [2.24, 2.45) is 0 Å². The summed E-state index contributed by atoms with van der Waals surface area (Å²) in [6.45, 7) is 1.89. The van der Waals surface area contributed by atoms with E-state index in [0.717, 1.165) is 6.42 Å². The van der Waals surface area contributed by atoms with Crippen molar-refractivity contribution < 1.29 is 9.59 Å². The van der Waals surface area contributed by atoms with Gasteiger partial charge in [-0.15, -0.1) is 0 Å². The molecular formula is C6H9NO2. The molecule has 1 aliphatic rings. The highest BCUT2D eigenvalue weighted by atomic mass is 16.2. The van der Waals surface area contributed by atoms with Crippen molar-refractivity contribution in [1.82, 2.24) is 5.32 Å². The van der Waals surface area contributed by atoms with Crippen LogP contribution in [0.2, 0.25) is 0 Å². The standard InChI is InChI=1S/C6H9NO2/c1-4-2-3-5(8)6(9)7-4/h4H,2-3H2,1H3,(H,7,9). The third-order valence-corrected chi connectivity index (χ3v) is 1.44. The number of rotatable bonds is 0. The van der Waals surface area contributed by atoms with Gasteiger partial charge in [0.1, 0.15) is 0 Å². The number of hydrogen-bond acceptors (Lipinski definition) is 2. The summed E-state index contributed by atoms with van der Waals surface area (Å²) < 4.78 is 0. The minimum atomic E-state index is -0.422. The van der Waals surface area contributed by atoms with Gasteiger partial charge in [0.2, 0.25) is 5.78 Å². The van der Waals surface area contributed by atoms with Crippen LogP contribution in [-0.4, -0.2) is 17.7 Å². The van der Waals surface area contributed by atoms with Crippen LogP contribution < -0.4 is 5.32 Å². The molecule has 0 saturated carbocycles. The van der Waals surface area contributed by atoms with Crippen molar-refractivity contribution >= 4 is 11.7 Å². The molecule has 0 radical (unpaired) electrons. The molecule has 3 nitrogen and oxygen atoms in total. The summed E-state index contributed by atoms with van der Waals surface area (Å²) in [6.07, 6.45) is 1.19. The van der Waals surface area contributed by atoms with Crippen molar-refractivity contribution in [3.8, 4) is 0 Å². The SMILES string of the molecule is CC1CCC(=O)C(=O)N1. The van der Waals surface area contributed by atoms with Crippen LogP contribution in [0.4, 0.5) is 0 Å². The zero-order valence-corrected chi connectivity index (χ0v) is 5.31. The zero-order valence-electron chi connectivity index (χ0n) is 5.31. The second-order valence-corrected chi connectivity index (χ2v) is 2.34. The molecule has 0 spiro atoms. The van der Waals surface area contributed by atoms with E-state index in [1.54, 1.807) is 0 Å². The van der Waals surface area contributed by atoms with E-state index >= 15 is 0 Å². The number of carbonyl (C=O) groups excluding carboxylic acids is 2. The summed E-state index contributed by atoms with van der Waals surface area (Å²) in [7, 11) is 0. The topological polar surface area (TPSA) is 46.2 Å². The fraction of sp³-hybridized carbons (Fsp3) is 0.667. The summed E-state index contributed by atoms with van der Waals surface area (Å²) in [5.74, 6) is -0.707. The number of piperidine rings is 1. The van der Waals surface area contributed by atoms with E-state index in [9.17, 15) is 9.59 Å². The zero-order chi connectivity index (χ0) is 6.85. The Morgan fingerprint density at radius 3 is 2.67 bits per heavy atom. The quantitative estimate of drug-likeness (QED) is 0.460. The molecule has 9 heavy (non-hydrogen) atoms. The summed E-state index contributed by atoms with van der Waals surface area (Å²) >= 11 is 0. The lowest BCUT2D eigenvalue weighted by Crippen LogP contribution is -2.42. The van der Waals surface area contributed by atoms with Crippen LogP contribution in [0.1, 0.15) is 19.8 Å². The van der Waals surface area contributed by atoms with E-state index < -0.39 is 5.91 Å². The Bertz CT molecular complexity index is 153. The van der Waals surface area contributed by atoms with Gasteiger partial charge in [-0.05, 0) is 13.3 Å². The Hall–Kier alpha value is -0.860. The van der Waals surface area contributed by atoms with E-state index in [2.05, 4.69) is 5.32 Å². The average molecular weight is 127 g/mol. The van der Waals surface area contributed by atoms with Crippen LogP contribution in [0.15, 0.2) is 0 Å². The molecule has 1 fully saturated rings. The smallest absolute Gasteiger partial charge is 0.287 e. The first-order chi connectivity index (χ1) is 4.20. The molecule has 3 heteroatoms. The van der Waals surface area contributed by atoms with Crippen molar-refractivity contribution in [2.45, 2.75) is 25.8 Å². The van der Waals surface area contributed by atoms with Gasteiger partial charge in [-0.2, -0.15) is 0 Å². The van der Waals surface area contributed by atoms with Gasteiger partial charge in [0, 0.05) is 12.5 Å². The molecule has 0 aliphatic carbocycles. The predicted octanol–water partition coefficient (Wildman–Crippen LogP) is -0.146. The summed E-state index contributed by atoms with van der Waals surface area (Å²) in [4.78, 5) is 21.1. The monoisotopic (exact) mass is 127 g/mol.